The van der Waals surface area contributed by atoms with Gasteiger partial charge in [-0.2, -0.15) is 5.10 Å². The fourth-order valence-electron chi connectivity index (χ4n) is 2.51. The molecule has 1 aromatic carbocycles. The lowest BCUT2D eigenvalue weighted by atomic mass is 9.95. The maximum Gasteiger partial charge on any atom is 0.124 e. The van der Waals surface area contributed by atoms with Gasteiger partial charge in [-0.3, -0.25) is 4.68 Å². The molecule has 94 valence electrons. The van der Waals surface area contributed by atoms with Crippen molar-refractivity contribution in [2.75, 3.05) is 11.9 Å². The number of aryl methyl sites for hydroxylation is 1. The Morgan fingerprint density at radius 1 is 1.39 bits per heavy atom. The summed E-state index contributed by atoms with van der Waals surface area (Å²) in [5.74, 6) is 1.06. The van der Waals surface area contributed by atoms with Gasteiger partial charge in [0.05, 0.1) is 6.20 Å². The summed E-state index contributed by atoms with van der Waals surface area (Å²) in [7, 11) is 1.95. The number of nitrogens with one attached hydrogen (secondary N) is 2. The normalized spacial score (nSPS) is 14.3. The smallest absolute Gasteiger partial charge is 0.124 e. The zero-order chi connectivity index (χ0) is 12.4. The lowest BCUT2D eigenvalue weighted by Gasteiger charge is -2.20. The third-order valence-corrected chi connectivity index (χ3v) is 3.52. The number of aromatic nitrogens is 2. The minimum absolute atomic E-state index is 0.864. The van der Waals surface area contributed by atoms with Gasteiger partial charge < -0.3 is 10.6 Å². The number of hydrogen-bond donors (Lipinski definition) is 2. The Bertz CT molecular complexity index is 544. The summed E-state index contributed by atoms with van der Waals surface area (Å²) in [6.07, 6.45) is 2.94. The minimum Gasteiger partial charge on any atom is -0.366 e. The summed E-state index contributed by atoms with van der Waals surface area (Å²) in [6, 6.07) is 8.58. The molecule has 4 nitrogen and oxygen atoms in total. The molecule has 1 aliphatic rings. The average Bonchev–Trinajstić information content (AvgIpc) is 2.82. The van der Waals surface area contributed by atoms with Crippen LogP contribution in [0, 0.1) is 0 Å². The Kier molecular flexibility index (Phi) is 3.02. The molecule has 0 unspecified atom stereocenters. The van der Waals surface area contributed by atoms with E-state index in [4.69, 9.17) is 0 Å². The third-order valence-electron chi connectivity index (χ3n) is 3.52. The monoisotopic (exact) mass is 242 g/mol. The van der Waals surface area contributed by atoms with E-state index >= 15 is 0 Å². The summed E-state index contributed by atoms with van der Waals surface area (Å²) < 4.78 is 1.86. The predicted molar refractivity (Wildman–Crippen MR) is 72.4 cm³/mol. The fraction of sp³-hybridized carbons (Fsp3) is 0.357. The third kappa shape index (κ3) is 2.11. The highest BCUT2D eigenvalue weighted by Gasteiger charge is 2.12. The summed E-state index contributed by atoms with van der Waals surface area (Å²) in [5, 5.41) is 11.0. The molecule has 1 aromatic heterocycles. The van der Waals surface area contributed by atoms with Crippen LogP contribution in [0.2, 0.25) is 0 Å². The van der Waals surface area contributed by atoms with Crippen molar-refractivity contribution in [2.45, 2.75) is 19.5 Å². The van der Waals surface area contributed by atoms with Gasteiger partial charge in [0.15, 0.2) is 0 Å². The van der Waals surface area contributed by atoms with Crippen LogP contribution in [0.1, 0.15) is 16.7 Å². The zero-order valence-electron chi connectivity index (χ0n) is 10.6. The Morgan fingerprint density at radius 3 is 3.17 bits per heavy atom. The van der Waals surface area contributed by atoms with E-state index in [-0.39, 0.29) is 0 Å². The van der Waals surface area contributed by atoms with Gasteiger partial charge in [-0.15, -0.1) is 0 Å². The van der Waals surface area contributed by atoms with E-state index in [1.807, 2.05) is 24.0 Å². The highest BCUT2D eigenvalue weighted by atomic mass is 15.3. The standard InChI is InChI=1S/C14H18N4/c1-18-14(6-8-17-18)16-10-12-4-2-3-11-9-15-7-5-13(11)12/h2-4,6,8,15-16H,5,7,9-10H2,1H3. The van der Waals surface area contributed by atoms with Crippen LogP contribution in [0.15, 0.2) is 30.5 Å². The van der Waals surface area contributed by atoms with Gasteiger partial charge in [-0.1, -0.05) is 18.2 Å². The molecule has 0 amide bonds. The van der Waals surface area contributed by atoms with Crippen molar-refractivity contribution < 1.29 is 0 Å². The van der Waals surface area contributed by atoms with E-state index in [9.17, 15) is 0 Å². The highest BCUT2D eigenvalue weighted by molar-refractivity contribution is 5.41. The Morgan fingerprint density at radius 2 is 2.33 bits per heavy atom. The molecule has 0 spiro atoms. The van der Waals surface area contributed by atoms with Crippen LogP contribution in [0.25, 0.3) is 0 Å². The van der Waals surface area contributed by atoms with Crippen LogP contribution < -0.4 is 10.6 Å². The maximum atomic E-state index is 4.16. The van der Waals surface area contributed by atoms with Gasteiger partial charge in [0.2, 0.25) is 0 Å². The first-order valence-corrected chi connectivity index (χ1v) is 6.37. The van der Waals surface area contributed by atoms with Gasteiger partial charge in [0.1, 0.15) is 5.82 Å². The molecule has 0 radical (unpaired) electrons. The van der Waals surface area contributed by atoms with Gasteiger partial charge in [-0.05, 0) is 29.7 Å². The van der Waals surface area contributed by atoms with E-state index in [0.717, 1.165) is 31.9 Å². The lowest BCUT2D eigenvalue weighted by molar-refractivity contribution is 0.639. The number of anilines is 1. The maximum absolute atomic E-state index is 4.16. The number of hydrogen-bond acceptors (Lipinski definition) is 3. The first-order valence-electron chi connectivity index (χ1n) is 6.37. The van der Waals surface area contributed by atoms with Gasteiger partial charge >= 0.3 is 0 Å². The molecule has 0 saturated heterocycles. The van der Waals surface area contributed by atoms with E-state index in [0.29, 0.717) is 0 Å². The summed E-state index contributed by atoms with van der Waals surface area (Å²) in [6.45, 7) is 2.94. The largest absolute Gasteiger partial charge is 0.366 e. The van der Waals surface area contributed by atoms with Crippen molar-refractivity contribution in [1.82, 2.24) is 15.1 Å². The molecule has 4 heteroatoms. The second-order valence-corrected chi connectivity index (χ2v) is 4.68. The van der Waals surface area contributed by atoms with Crippen LogP contribution in [-0.4, -0.2) is 16.3 Å². The summed E-state index contributed by atoms with van der Waals surface area (Å²) in [5.41, 5.74) is 4.34. The molecule has 0 saturated carbocycles. The van der Waals surface area contributed by atoms with Crippen LogP contribution in [0.4, 0.5) is 5.82 Å². The van der Waals surface area contributed by atoms with Gasteiger partial charge in [-0.25, -0.2) is 0 Å². The quantitative estimate of drug-likeness (QED) is 0.860. The van der Waals surface area contributed by atoms with Gasteiger partial charge in [0.25, 0.3) is 0 Å². The van der Waals surface area contributed by atoms with Crippen molar-refractivity contribution in [3.63, 3.8) is 0 Å². The second-order valence-electron chi connectivity index (χ2n) is 4.68. The van der Waals surface area contributed by atoms with Crippen molar-refractivity contribution in [3.05, 3.63) is 47.2 Å². The predicted octanol–water partition coefficient (Wildman–Crippen LogP) is 1.68. The zero-order valence-corrected chi connectivity index (χ0v) is 10.6. The topological polar surface area (TPSA) is 41.9 Å². The first-order chi connectivity index (χ1) is 8.84. The van der Waals surface area contributed by atoms with E-state index in [1.165, 1.54) is 16.7 Å². The molecule has 0 bridgehead atoms. The Balaban J connectivity index is 1.79. The second kappa shape index (κ2) is 4.82. The van der Waals surface area contributed by atoms with Crippen molar-refractivity contribution in [1.29, 1.82) is 0 Å². The summed E-state index contributed by atoms with van der Waals surface area (Å²) >= 11 is 0. The minimum atomic E-state index is 0.864. The van der Waals surface area contributed by atoms with E-state index in [2.05, 4.69) is 33.9 Å². The molecule has 3 rings (SSSR count). The number of nitrogens with zero attached hydrogens (tertiary/aromatic N) is 2. The fourth-order valence-corrected chi connectivity index (χ4v) is 2.51. The van der Waals surface area contributed by atoms with Crippen LogP contribution in [0.5, 0.6) is 0 Å². The SMILES string of the molecule is Cn1nccc1NCc1cccc2c1CCNC2. The molecule has 2 aromatic rings. The van der Waals surface area contributed by atoms with Gasteiger partial charge in [0, 0.05) is 26.2 Å². The van der Waals surface area contributed by atoms with Crippen LogP contribution >= 0.6 is 0 Å². The molecule has 2 N–H and O–H groups in total. The average molecular weight is 242 g/mol. The molecule has 2 heterocycles. The van der Waals surface area contributed by atoms with Crippen LogP contribution in [0.3, 0.4) is 0 Å². The van der Waals surface area contributed by atoms with Crippen molar-refractivity contribution in [2.24, 2.45) is 7.05 Å². The lowest BCUT2D eigenvalue weighted by Crippen LogP contribution is -2.25. The number of benzene rings is 1. The Hall–Kier alpha value is -1.81. The van der Waals surface area contributed by atoms with E-state index in [1.54, 1.807) is 0 Å². The summed E-state index contributed by atoms with van der Waals surface area (Å²) in [4.78, 5) is 0. The van der Waals surface area contributed by atoms with Crippen molar-refractivity contribution >= 4 is 5.82 Å². The molecular weight excluding hydrogens is 224 g/mol. The molecular formula is C14H18N4. The number of fused-ring (bicyclic) bond motifs is 1. The molecule has 1 aliphatic heterocycles. The Labute approximate surface area is 107 Å². The van der Waals surface area contributed by atoms with Crippen LogP contribution in [-0.2, 0) is 26.6 Å². The number of rotatable bonds is 3. The van der Waals surface area contributed by atoms with E-state index < -0.39 is 0 Å². The molecule has 18 heavy (non-hydrogen) atoms. The molecule has 0 fully saturated rings. The first kappa shape index (κ1) is 11.3. The molecule has 0 aliphatic carbocycles. The highest BCUT2D eigenvalue weighted by Crippen LogP contribution is 2.19. The van der Waals surface area contributed by atoms with Crippen molar-refractivity contribution in [3.8, 4) is 0 Å². The molecule has 0 atom stereocenters.